The zero-order chi connectivity index (χ0) is 20.2. The minimum Gasteiger partial charge on any atom is -0.504 e. The molecule has 0 amide bonds. The second-order valence-corrected chi connectivity index (χ2v) is 10.2. The number of aryl methyl sites for hydroxylation is 1. The van der Waals surface area contributed by atoms with Crippen molar-refractivity contribution in [1.82, 2.24) is 4.98 Å². The van der Waals surface area contributed by atoms with Gasteiger partial charge < -0.3 is 9.84 Å². The van der Waals surface area contributed by atoms with E-state index in [4.69, 9.17) is 4.74 Å². The minimum absolute atomic E-state index is 0.286. The molecule has 5 atom stereocenters. The number of fused-ring (bicyclic) bond motifs is 5. The van der Waals surface area contributed by atoms with E-state index in [0.29, 0.717) is 22.5 Å². The lowest BCUT2D eigenvalue weighted by molar-refractivity contribution is -0.0181. The molecule has 2 aromatic rings. The van der Waals surface area contributed by atoms with Gasteiger partial charge in [0.15, 0.2) is 11.5 Å². The van der Waals surface area contributed by atoms with Crippen LogP contribution in [-0.2, 0) is 12.8 Å². The van der Waals surface area contributed by atoms with E-state index in [9.17, 15) is 5.11 Å². The van der Waals surface area contributed by atoms with Crippen molar-refractivity contribution < 1.29 is 9.84 Å². The van der Waals surface area contributed by atoms with E-state index in [0.717, 1.165) is 24.7 Å². The van der Waals surface area contributed by atoms with Gasteiger partial charge in [0.2, 0.25) is 0 Å². The largest absolute Gasteiger partial charge is 0.504 e. The summed E-state index contributed by atoms with van der Waals surface area (Å²) in [5.74, 6) is 3.06. The first-order valence-corrected chi connectivity index (χ1v) is 11.2. The molecule has 3 aliphatic rings. The molecular formula is C26H33NO2. The van der Waals surface area contributed by atoms with Crippen LogP contribution >= 0.6 is 0 Å². The Bertz CT molecular complexity index is 910. The van der Waals surface area contributed by atoms with Crippen LogP contribution in [0.15, 0.2) is 36.5 Å². The van der Waals surface area contributed by atoms with Gasteiger partial charge in [-0.05, 0) is 109 Å². The third kappa shape index (κ3) is 2.80. The fraction of sp³-hybridized carbons (Fsp3) is 0.577. The molecule has 0 radical (unpaired) electrons. The van der Waals surface area contributed by atoms with Crippen LogP contribution in [0.1, 0.15) is 68.7 Å². The Morgan fingerprint density at radius 2 is 2.00 bits per heavy atom. The molecule has 0 aliphatic heterocycles. The molecule has 3 unspecified atom stereocenters. The smallest absolute Gasteiger partial charge is 0.160 e. The van der Waals surface area contributed by atoms with E-state index in [1.54, 1.807) is 7.11 Å². The van der Waals surface area contributed by atoms with Gasteiger partial charge in [0.1, 0.15) is 0 Å². The number of benzene rings is 1. The van der Waals surface area contributed by atoms with Crippen molar-refractivity contribution in [2.24, 2.45) is 22.7 Å². The number of rotatable bonds is 3. The van der Waals surface area contributed by atoms with Gasteiger partial charge in [-0.15, -0.1) is 0 Å². The molecule has 3 nitrogen and oxygen atoms in total. The molecule has 29 heavy (non-hydrogen) atoms. The quantitative estimate of drug-likeness (QED) is 0.708. The van der Waals surface area contributed by atoms with Crippen LogP contribution in [0.2, 0.25) is 0 Å². The molecule has 3 heteroatoms. The number of phenols is 1. The Labute approximate surface area is 174 Å². The zero-order valence-corrected chi connectivity index (χ0v) is 17.9. The maximum atomic E-state index is 10.2. The van der Waals surface area contributed by atoms with Crippen LogP contribution in [0.5, 0.6) is 11.5 Å². The van der Waals surface area contributed by atoms with E-state index >= 15 is 0 Å². The van der Waals surface area contributed by atoms with E-state index in [-0.39, 0.29) is 5.75 Å². The van der Waals surface area contributed by atoms with E-state index in [2.05, 4.69) is 37.0 Å². The SMILES string of the molecule is COc1cc2c(cc1O)CCC1C2CC[C@@]2(C)C1CC[C@@]2(C)Cc1ccccn1. The summed E-state index contributed by atoms with van der Waals surface area (Å²) in [5, 5.41) is 10.2. The van der Waals surface area contributed by atoms with Crippen LogP contribution in [0.3, 0.4) is 0 Å². The highest BCUT2D eigenvalue weighted by Crippen LogP contribution is 2.68. The molecule has 1 N–H and O–H groups in total. The maximum absolute atomic E-state index is 10.2. The molecule has 1 aromatic carbocycles. The number of hydrogen-bond donors (Lipinski definition) is 1. The predicted molar refractivity (Wildman–Crippen MR) is 115 cm³/mol. The first-order valence-electron chi connectivity index (χ1n) is 11.2. The molecule has 2 saturated carbocycles. The van der Waals surface area contributed by atoms with Gasteiger partial charge in [-0.2, -0.15) is 0 Å². The summed E-state index contributed by atoms with van der Waals surface area (Å²) in [4.78, 5) is 4.66. The van der Waals surface area contributed by atoms with Crippen LogP contribution < -0.4 is 4.74 Å². The highest BCUT2D eigenvalue weighted by molar-refractivity contribution is 5.49. The van der Waals surface area contributed by atoms with Crippen LogP contribution in [0.4, 0.5) is 0 Å². The van der Waals surface area contributed by atoms with Gasteiger partial charge in [0.25, 0.3) is 0 Å². The Balaban J connectivity index is 1.46. The number of aromatic nitrogens is 1. The molecule has 2 fully saturated rings. The lowest BCUT2D eigenvalue weighted by Crippen LogP contribution is -2.46. The Hall–Kier alpha value is -2.03. The summed E-state index contributed by atoms with van der Waals surface area (Å²) in [7, 11) is 1.65. The van der Waals surface area contributed by atoms with Crippen LogP contribution in [0.25, 0.3) is 0 Å². The Morgan fingerprint density at radius 3 is 2.76 bits per heavy atom. The van der Waals surface area contributed by atoms with E-state index in [1.807, 2.05) is 18.3 Å². The van der Waals surface area contributed by atoms with Gasteiger partial charge in [0.05, 0.1) is 7.11 Å². The number of hydrogen-bond acceptors (Lipinski definition) is 3. The zero-order valence-electron chi connectivity index (χ0n) is 17.9. The van der Waals surface area contributed by atoms with Gasteiger partial charge in [-0.25, -0.2) is 0 Å². The summed E-state index contributed by atoms with van der Waals surface area (Å²) < 4.78 is 5.44. The standard InChI is InChI=1S/C26H33NO2/c1-25(16-18-6-4-5-13-27-18)11-10-22-20-8-7-17-14-23(28)24(29-3)15-21(17)19(20)9-12-26(22,25)2/h4-6,13-15,19-20,22,28H,7-12,16H2,1-3H3/t19?,20?,22?,25-,26-/m0/s1. The highest BCUT2D eigenvalue weighted by atomic mass is 16.5. The van der Waals surface area contributed by atoms with Crippen molar-refractivity contribution in [3.8, 4) is 11.5 Å². The monoisotopic (exact) mass is 391 g/mol. The third-order valence-electron chi connectivity index (χ3n) is 9.10. The first-order chi connectivity index (χ1) is 13.9. The number of nitrogens with zero attached hydrogens (tertiary/aromatic N) is 1. The minimum atomic E-state index is 0.286. The van der Waals surface area contributed by atoms with Crippen molar-refractivity contribution in [1.29, 1.82) is 0 Å². The average Bonchev–Trinajstić information content (AvgIpc) is 2.98. The van der Waals surface area contributed by atoms with E-state index < -0.39 is 0 Å². The summed E-state index contributed by atoms with van der Waals surface area (Å²) in [6.45, 7) is 5.11. The van der Waals surface area contributed by atoms with Crippen LogP contribution in [0, 0.1) is 22.7 Å². The first kappa shape index (κ1) is 19.0. The molecule has 1 aromatic heterocycles. The molecule has 0 bridgehead atoms. The lowest BCUT2D eigenvalue weighted by atomic mass is 9.50. The lowest BCUT2D eigenvalue weighted by Gasteiger charge is -2.54. The number of methoxy groups -OCH3 is 1. The van der Waals surface area contributed by atoms with Gasteiger partial charge in [-0.3, -0.25) is 4.98 Å². The molecule has 3 aliphatic carbocycles. The Kier molecular flexibility index (Phi) is 4.42. The Morgan fingerprint density at radius 1 is 1.14 bits per heavy atom. The summed E-state index contributed by atoms with van der Waals surface area (Å²) >= 11 is 0. The molecule has 0 spiro atoms. The fourth-order valence-corrected chi connectivity index (χ4v) is 7.31. The number of ether oxygens (including phenoxy) is 1. The number of pyridine rings is 1. The normalized spacial score (nSPS) is 35.5. The van der Waals surface area contributed by atoms with Crippen molar-refractivity contribution >= 4 is 0 Å². The molecule has 5 rings (SSSR count). The van der Waals surface area contributed by atoms with Crippen molar-refractivity contribution in [2.75, 3.05) is 7.11 Å². The number of aromatic hydroxyl groups is 1. The summed E-state index contributed by atoms with van der Waals surface area (Å²) in [5.41, 5.74) is 4.72. The third-order valence-corrected chi connectivity index (χ3v) is 9.10. The molecule has 1 heterocycles. The topological polar surface area (TPSA) is 42.4 Å². The van der Waals surface area contributed by atoms with Crippen molar-refractivity contribution in [3.63, 3.8) is 0 Å². The second kappa shape index (κ2) is 6.75. The van der Waals surface area contributed by atoms with E-state index in [1.165, 1.54) is 48.9 Å². The predicted octanol–water partition coefficient (Wildman–Crippen LogP) is 5.90. The highest BCUT2D eigenvalue weighted by Gasteiger charge is 2.59. The van der Waals surface area contributed by atoms with Crippen LogP contribution in [-0.4, -0.2) is 17.2 Å². The van der Waals surface area contributed by atoms with Crippen molar-refractivity contribution in [2.45, 2.75) is 64.7 Å². The maximum Gasteiger partial charge on any atom is 0.160 e. The average molecular weight is 392 g/mol. The fourth-order valence-electron chi connectivity index (χ4n) is 7.31. The summed E-state index contributed by atoms with van der Waals surface area (Å²) in [6, 6.07) is 10.4. The number of phenolic OH excluding ortho intramolecular Hbond substituents is 1. The van der Waals surface area contributed by atoms with Gasteiger partial charge >= 0.3 is 0 Å². The second-order valence-electron chi connectivity index (χ2n) is 10.2. The van der Waals surface area contributed by atoms with Crippen molar-refractivity contribution in [3.05, 3.63) is 53.3 Å². The molecule has 154 valence electrons. The van der Waals surface area contributed by atoms with Gasteiger partial charge in [0, 0.05) is 11.9 Å². The molecular weight excluding hydrogens is 358 g/mol. The van der Waals surface area contributed by atoms with Gasteiger partial charge in [-0.1, -0.05) is 19.9 Å². The molecule has 0 saturated heterocycles. The summed E-state index contributed by atoms with van der Waals surface area (Å²) in [6.07, 6.45) is 10.5.